The third-order valence-corrected chi connectivity index (χ3v) is 6.28. The van der Waals surface area contributed by atoms with Crippen molar-refractivity contribution >= 4 is 17.5 Å². The molecule has 186 valence electrons. The molecule has 0 saturated carbocycles. The lowest BCUT2D eigenvalue weighted by Crippen LogP contribution is -2.47. The summed E-state index contributed by atoms with van der Waals surface area (Å²) in [5, 5.41) is 9.22. The van der Waals surface area contributed by atoms with Crippen LogP contribution >= 0.6 is 0 Å². The fourth-order valence-corrected chi connectivity index (χ4v) is 4.27. The third-order valence-electron chi connectivity index (χ3n) is 6.28. The number of methoxy groups -OCH3 is 1. The largest absolute Gasteiger partial charge is 0.497 e. The number of aliphatic imine (C=N–C) groups is 1. The Morgan fingerprint density at radius 3 is 2.64 bits per heavy atom. The molecule has 0 aliphatic carbocycles. The number of hydrogen-bond acceptors (Lipinski definition) is 6. The molecular formula is C26H25F2N5O3. The number of amides is 2. The van der Waals surface area contributed by atoms with Crippen LogP contribution < -0.4 is 10.5 Å². The molecule has 0 fully saturated rings. The SMILES string of the molecule is COc1ccc(CN2CCN=C(C3=C(N)CCN(C(=O)c4ccc(C(F)F)c(C#N)c4)C3)C2=O)cc1. The predicted molar refractivity (Wildman–Crippen MR) is 129 cm³/mol. The first-order valence-corrected chi connectivity index (χ1v) is 11.4. The van der Waals surface area contributed by atoms with Crippen molar-refractivity contribution in [2.75, 3.05) is 33.3 Å². The van der Waals surface area contributed by atoms with Crippen LogP contribution in [0.4, 0.5) is 8.78 Å². The molecule has 0 unspecified atom stereocenters. The van der Waals surface area contributed by atoms with Crippen LogP contribution in [0.2, 0.25) is 0 Å². The number of rotatable bonds is 6. The van der Waals surface area contributed by atoms with E-state index in [0.717, 1.165) is 17.4 Å². The minimum atomic E-state index is -2.82. The molecule has 0 aromatic heterocycles. The Hall–Kier alpha value is -4.26. The van der Waals surface area contributed by atoms with Gasteiger partial charge in [0.25, 0.3) is 18.2 Å². The first-order valence-electron chi connectivity index (χ1n) is 11.4. The number of alkyl halides is 2. The van der Waals surface area contributed by atoms with Gasteiger partial charge in [-0.2, -0.15) is 5.26 Å². The summed E-state index contributed by atoms with van der Waals surface area (Å²) in [4.78, 5) is 34.1. The molecule has 10 heteroatoms. The first-order chi connectivity index (χ1) is 17.3. The summed E-state index contributed by atoms with van der Waals surface area (Å²) >= 11 is 0. The molecule has 8 nitrogen and oxygen atoms in total. The summed E-state index contributed by atoms with van der Waals surface area (Å²) in [6, 6.07) is 12.7. The zero-order valence-corrected chi connectivity index (χ0v) is 19.7. The molecule has 2 amide bonds. The number of carbonyl (C=O) groups is 2. The highest BCUT2D eigenvalue weighted by Gasteiger charge is 2.32. The Bertz CT molecular complexity index is 1280. The summed E-state index contributed by atoms with van der Waals surface area (Å²) in [6.07, 6.45) is -2.48. The molecule has 0 bridgehead atoms. The van der Waals surface area contributed by atoms with Crippen LogP contribution in [0.25, 0.3) is 0 Å². The number of hydrogen-bond donors (Lipinski definition) is 1. The van der Waals surface area contributed by atoms with E-state index in [2.05, 4.69) is 4.99 Å². The molecule has 0 radical (unpaired) electrons. The van der Waals surface area contributed by atoms with Crippen LogP contribution in [-0.4, -0.2) is 60.6 Å². The van der Waals surface area contributed by atoms with Gasteiger partial charge in [-0.05, 0) is 29.8 Å². The van der Waals surface area contributed by atoms with E-state index in [-0.39, 0.29) is 29.3 Å². The van der Waals surface area contributed by atoms with Gasteiger partial charge in [-0.25, -0.2) is 8.78 Å². The van der Waals surface area contributed by atoms with E-state index >= 15 is 0 Å². The van der Waals surface area contributed by atoms with Crippen molar-refractivity contribution in [2.45, 2.75) is 19.4 Å². The van der Waals surface area contributed by atoms with Crippen molar-refractivity contribution in [3.05, 3.63) is 76.0 Å². The van der Waals surface area contributed by atoms with Crippen LogP contribution in [0.15, 0.2) is 58.7 Å². The lowest BCUT2D eigenvalue weighted by atomic mass is 9.98. The van der Waals surface area contributed by atoms with Crippen LogP contribution in [0.1, 0.15) is 39.9 Å². The highest BCUT2D eigenvalue weighted by Crippen LogP contribution is 2.26. The van der Waals surface area contributed by atoms with Gasteiger partial charge in [0, 0.05) is 55.0 Å². The van der Waals surface area contributed by atoms with Crippen molar-refractivity contribution < 1.29 is 23.1 Å². The van der Waals surface area contributed by atoms with E-state index in [4.69, 9.17) is 10.5 Å². The van der Waals surface area contributed by atoms with E-state index < -0.39 is 17.9 Å². The van der Waals surface area contributed by atoms with E-state index in [9.17, 15) is 23.6 Å². The summed E-state index contributed by atoms with van der Waals surface area (Å²) in [5.74, 6) is 0.0234. The minimum absolute atomic E-state index is 0.0596. The fraction of sp³-hybridized carbons (Fsp3) is 0.308. The molecule has 0 spiro atoms. The summed E-state index contributed by atoms with van der Waals surface area (Å²) in [7, 11) is 1.59. The topological polar surface area (TPSA) is 112 Å². The van der Waals surface area contributed by atoms with Crippen molar-refractivity contribution in [1.82, 2.24) is 9.80 Å². The lowest BCUT2D eigenvalue weighted by Gasteiger charge is -2.33. The van der Waals surface area contributed by atoms with Gasteiger partial charge in [0.05, 0.1) is 25.3 Å². The smallest absolute Gasteiger partial charge is 0.272 e. The Kier molecular flexibility index (Phi) is 7.29. The van der Waals surface area contributed by atoms with Crippen LogP contribution in [0, 0.1) is 11.3 Å². The molecule has 2 heterocycles. The maximum absolute atomic E-state index is 13.3. The Balaban J connectivity index is 1.51. The molecule has 0 atom stereocenters. The maximum atomic E-state index is 13.3. The van der Waals surface area contributed by atoms with Crippen LogP contribution in [0.5, 0.6) is 5.75 Å². The number of nitrogens with zero attached hydrogens (tertiary/aromatic N) is 4. The first kappa shape index (κ1) is 24.9. The van der Waals surface area contributed by atoms with Crippen LogP contribution in [-0.2, 0) is 11.3 Å². The van der Waals surface area contributed by atoms with E-state index in [1.54, 1.807) is 18.1 Å². The van der Waals surface area contributed by atoms with Crippen molar-refractivity contribution in [2.24, 2.45) is 10.7 Å². The average Bonchev–Trinajstić information content (AvgIpc) is 2.90. The molecule has 2 aromatic rings. The van der Waals surface area contributed by atoms with Crippen molar-refractivity contribution in [1.29, 1.82) is 5.26 Å². The number of halogens is 2. The highest BCUT2D eigenvalue weighted by molar-refractivity contribution is 6.45. The zero-order chi connectivity index (χ0) is 25.8. The lowest BCUT2D eigenvalue weighted by molar-refractivity contribution is -0.125. The highest BCUT2D eigenvalue weighted by atomic mass is 19.3. The second-order valence-corrected chi connectivity index (χ2v) is 8.50. The second kappa shape index (κ2) is 10.6. The van der Waals surface area contributed by atoms with Gasteiger partial charge in [-0.15, -0.1) is 0 Å². The maximum Gasteiger partial charge on any atom is 0.272 e. The summed E-state index contributed by atoms with van der Waals surface area (Å²) in [6.45, 7) is 1.61. The number of carbonyl (C=O) groups excluding carboxylic acids is 2. The number of nitriles is 1. The monoisotopic (exact) mass is 493 g/mol. The predicted octanol–water partition coefficient (Wildman–Crippen LogP) is 3.05. The second-order valence-electron chi connectivity index (χ2n) is 8.50. The van der Waals surface area contributed by atoms with E-state index in [1.807, 2.05) is 24.3 Å². The Morgan fingerprint density at radius 2 is 1.97 bits per heavy atom. The van der Waals surface area contributed by atoms with Gasteiger partial charge in [0.15, 0.2) is 0 Å². The van der Waals surface area contributed by atoms with Gasteiger partial charge < -0.3 is 20.3 Å². The number of ether oxygens (including phenoxy) is 1. The van der Waals surface area contributed by atoms with Crippen molar-refractivity contribution in [3.63, 3.8) is 0 Å². The van der Waals surface area contributed by atoms with Gasteiger partial charge in [-0.1, -0.05) is 18.2 Å². The number of nitrogens with two attached hydrogens (primary N) is 1. The quantitative estimate of drug-likeness (QED) is 0.665. The Morgan fingerprint density at radius 1 is 1.22 bits per heavy atom. The molecule has 2 aliphatic rings. The number of benzene rings is 2. The van der Waals surface area contributed by atoms with Crippen molar-refractivity contribution in [3.8, 4) is 11.8 Å². The molecular weight excluding hydrogens is 468 g/mol. The van der Waals surface area contributed by atoms with E-state index in [0.29, 0.717) is 43.9 Å². The third kappa shape index (κ3) is 5.05. The molecule has 2 N–H and O–H groups in total. The zero-order valence-electron chi connectivity index (χ0n) is 19.7. The molecule has 0 saturated heterocycles. The van der Waals surface area contributed by atoms with Gasteiger partial charge in [-0.3, -0.25) is 14.6 Å². The van der Waals surface area contributed by atoms with Gasteiger partial charge in [0.2, 0.25) is 0 Å². The van der Waals surface area contributed by atoms with E-state index in [1.165, 1.54) is 17.0 Å². The summed E-state index contributed by atoms with van der Waals surface area (Å²) in [5.41, 5.74) is 7.85. The average molecular weight is 494 g/mol. The molecule has 4 rings (SSSR count). The minimum Gasteiger partial charge on any atom is -0.497 e. The fourth-order valence-electron chi connectivity index (χ4n) is 4.27. The standard InChI is InChI=1S/C26H25F2N5O3/c1-36-19-5-2-16(3-6-19)14-33-11-9-31-23(26(33)35)21-15-32(10-8-22(21)30)25(34)17-4-7-20(24(27)28)18(12-17)13-29/h2-7,12,24H,8-11,14-15,30H2,1H3. The normalized spacial score (nSPS) is 16.2. The Labute approximate surface area is 207 Å². The molecule has 36 heavy (non-hydrogen) atoms. The van der Waals surface area contributed by atoms with Crippen LogP contribution in [0.3, 0.4) is 0 Å². The molecule has 2 aliphatic heterocycles. The summed E-state index contributed by atoms with van der Waals surface area (Å²) < 4.78 is 31.4. The van der Waals surface area contributed by atoms with Gasteiger partial charge >= 0.3 is 0 Å². The molecule has 2 aromatic carbocycles. The van der Waals surface area contributed by atoms with Gasteiger partial charge in [0.1, 0.15) is 11.5 Å².